The van der Waals surface area contributed by atoms with Gasteiger partial charge in [0.2, 0.25) is 5.70 Å². The Morgan fingerprint density at radius 2 is 1.92 bits per heavy atom. The normalized spacial score (nSPS) is 15.7. The van der Waals surface area contributed by atoms with Crippen molar-refractivity contribution in [3.05, 3.63) is 75.4 Å². The van der Waals surface area contributed by atoms with Crippen LogP contribution in [0.5, 0.6) is 0 Å². The van der Waals surface area contributed by atoms with E-state index >= 15 is 0 Å². The fraction of sp³-hybridized carbons (Fsp3) is 0.200. The zero-order valence-corrected chi connectivity index (χ0v) is 15.9. The maximum atomic E-state index is 11.5. The van der Waals surface area contributed by atoms with E-state index in [-0.39, 0.29) is 0 Å². The molecule has 2 aromatic rings. The van der Waals surface area contributed by atoms with Gasteiger partial charge >= 0.3 is 0 Å². The van der Waals surface area contributed by atoms with Crippen molar-refractivity contribution >= 4 is 28.7 Å². The van der Waals surface area contributed by atoms with Gasteiger partial charge in [0.25, 0.3) is 0 Å². The zero-order chi connectivity index (χ0) is 18.8. The number of thioether (sulfide) groups is 1. The van der Waals surface area contributed by atoms with E-state index < -0.39 is 0 Å². The van der Waals surface area contributed by atoms with Crippen molar-refractivity contribution in [3.63, 3.8) is 0 Å². The summed E-state index contributed by atoms with van der Waals surface area (Å²) >= 11 is 1.55. The first-order valence-electron chi connectivity index (χ1n) is 8.09. The van der Waals surface area contributed by atoms with Crippen LogP contribution >= 0.6 is 11.8 Å². The van der Waals surface area contributed by atoms with E-state index in [1.165, 1.54) is 0 Å². The number of carbonyl (C=O) groups is 1. The summed E-state index contributed by atoms with van der Waals surface area (Å²) in [6.45, 7) is 15.0. The zero-order valence-electron chi connectivity index (χ0n) is 15.0. The SMILES string of the molecule is [C-]#[N+]C1=C(C)C(=C(Sc2ccncc2)c2[nH]c(C)c(C=O)c2C)N=C1C. The quantitative estimate of drug-likeness (QED) is 0.475. The number of aliphatic imine (C=N–C) groups is 1. The third-order valence-corrected chi connectivity index (χ3v) is 5.48. The third kappa shape index (κ3) is 3.02. The van der Waals surface area contributed by atoms with E-state index in [2.05, 4.69) is 19.8 Å². The Labute approximate surface area is 156 Å². The van der Waals surface area contributed by atoms with Gasteiger partial charge in [0.15, 0.2) is 6.29 Å². The lowest BCUT2D eigenvalue weighted by molar-refractivity contribution is 0.112. The summed E-state index contributed by atoms with van der Waals surface area (Å²) in [5.74, 6) is 0. The summed E-state index contributed by atoms with van der Waals surface area (Å²) in [7, 11) is 0. The summed E-state index contributed by atoms with van der Waals surface area (Å²) in [6, 6.07) is 3.86. The van der Waals surface area contributed by atoms with Gasteiger partial charge in [0.05, 0.1) is 22.9 Å². The van der Waals surface area contributed by atoms with Crippen LogP contribution in [0.3, 0.4) is 0 Å². The van der Waals surface area contributed by atoms with Crippen LogP contribution in [-0.2, 0) is 0 Å². The highest BCUT2D eigenvalue weighted by molar-refractivity contribution is 8.08. The van der Waals surface area contributed by atoms with Crippen molar-refractivity contribution in [2.75, 3.05) is 0 Å². The van der Waals surface area contributed by atoms with E-state index in [0.717, 1.165) is 50.0 Å². The summed E-state index contributed by atoms with van der Waals surface area (Å²) in [4.78, 5) is 29.1. The van der Waals surface area contributed by atoms with Crippen LogP contribution < -0.4 is 0 Å². The second kappa shape index (κ2) is 7.14. The van der Waals surface area contributed by atoms with E-state index in [9.17, 15) is 4.79 Å². The van der Waals surface area contributed by atoms with Crippen molar-refractivity contribution in [1.82, 2.24) is 9.97 Å². The van der Waals surface area contributed by atoms with Crippen molar-refractivity contribution in [2.45, 2.75) is 32.6 Å². The molecule has 2 aromatic heterocycles. The molecular weight excluding hydrogens is 344 g/mol. The predicted molar refractivity (Wildman–Crippen MR) is 105 cm³/mol. The Kier molecular flexibility index (Phi) is 4.92. The standard InChI is InChI=1S/C20H18N4OS/c1-11-16(10-25)13(3)23-18(11)20(26-15-6-8-22-9-7-15)19-12(2)17(21-5)14(4)24-19/h6-10,23H,1-4H3. The molecule has 0 bridgehead atoms. The second-order valence-electron chi connectivity index (χ2n) is 6.03. The molecule has 3 heterocycles. The van der Waals surface area contributed by atoms with Crippen molar-refractivity contribution in [3.8, 4) is 0 Å². The number of carbonyl (C=O) groups excluding carboxylic acids is 1. The molecule has 1 aliphatic rings. The molecule has 0 fully saturated rings. The maximum Gasteiger partial charge on any atom is 0.212 e. The van der Waals surface area contributed by atoms with E-state index in [1.807, 2.05) is 39.8 Å². The van der Waals surface area contributed by atoms with Crippen LogP contribution in [0.15, 0.2) is 51.4 Å². The molecule has 3 rings (SSSR count). The summed E-state index contributed by atoms with van der Waals surface area (Å²) in [5.41, 5.74) is 6.18. The molecule has 0 amide bonds. The number of H-pyrrole nitrogens is 1. The van der Waals surface area contributed by atoms with Crippen LogP contribution in [0.1, 0.15) is 41.2 Å². The molecular formula is C20H18N4OS. The predicted octanol–water partition coefficient (Wildman–Crippen LogP) is 4.97. The van der Waals surface area contributed by atoms with Crippen LogP contribution in [0.4, 0.5) is 0 Å². The van der Waals surface area contributed by atoms with Gasteiger partial charge in [-0.05, 0) is 51.0 Å². The Morgan fingerprint density at radius 1 is 1.23 bits per heavy atom. The van der Waals surface area contributed by atoms with Gasteiger partial charge in [-0.1, -0.05) is 11.8 Å². The molecule has 1 N–H and O–H groups in total. The number of nitrogens with one attached hydrogen (secondary N) is 1. The summed E-state index contributed by atoms with van der Waals surface area (Å²) in [6.07, 6.45) is 4.36. The summed E-state index contributed by atoms with van der Waals surface area (Å²) < 4.78 is 0. The highest BCUT2D eigenvalue weighted by atomic mass is 32.2. The van der Waals surface area contributed by atoms with Crippen molar-refractivity contribution in [1.29, 1.82) is 0 Å². The highest BCUT2D eigenvalue weighted by Crippen LogP contribution is 2.43. The molecule has 0 unspecified atom stereocenters. The van der Waals surface area contributed by atoms with E-state index in [1.54, 1.807) is 24.2 Å². The molecule has 0 aromatic carbocycles. The van der Waals surface area contributed by atoms with E-state index in [4.69, 9.17) is 6.57 Å². The first-order valence-corrected chi connectivity index (χ1v) is 8.90. The smallest absolute Gasteiger partial charge is 0.212 e. The van der Waals surface area contributed by atoms with Gasteiger partial charge in [0.1, 0.15) is 0 Å². The number of aldehydes is 1. The van der Waals surface area contributed by atoms with Gasteiger partial charge in [-0.15, -0.1) is 0 Å². The lowest BCUT2D eigenvalue weighted by atomic mass is 10.1. The van der Waals surface area contributed by atoms with E-state index in [0.29, 0.717) is 11.3 Å². The minimum atomic E-state index is 0.587. The number of pyridine rings is 1. The Balaban J connectivity index is 2.26. The Hall–Kier alpha value is -2.91. The topological polar surface area (TPSA) is 62.5 Å². The largest absolute Gasteiger partial charge is 0.357 e. The average molecular weight is 362 g/mol. The molecule has 0 saturated heterocycles. The number of allylic oxidation sites excluding steroid dienone is 2. The maximum absolute atomic E-state index is 11.5. The third-order valence-electron chi connectivity index (χ3n) is 4.37. The fourth-order valence-corrected chi connectivity index (χ4v) is 4.08. The van der Waals surface area contributed by atoms with Crippen LogP contribution in [-0.4, -0.2) is 22.0 Å². The van der Waals surface area contributed by atoms with Gasteiger partial charge in [-0.25, -0.2) is 4.85 Å². The lowest BCUT2D eigenvalue weighted by Gasteiger charge is -2.11. The molecule has 130 valence electrons. The first kappa shape index (κ1) is 17.9. The highest BCUT2D eigenvalue weighted by Gasteiger charge is 2.25. The first-order chi connectivity index (χ1) is 12.5. The van der Waals surface area contributed by atoms with Crippen LogP contribution in [0.2, 0.25) is 0 Å². The summed E-state index contributed by atoms with van der Waals surface area (Å²) in [5, 5.41) is 0. The molecule has 0 saturated carbocycles. The Bertz CT molecular complexity index is 1020. The molecule has 26 heavy (non-hydrogen) atoms. The molecule has 0 radical (unpaired) electrons. The average Bonchev–Trinajstić information content (AvgIpc) is 3.08. The van der Waals surface area contributed by atoms with Gasteiger partial charge < -0.3 is 4.98 Å². The molecule has 0 aliphatic carbocycles. The minimum absolute atomic E-state index is 0.587. The molecule has 0 atom stereocenters. The molecule has 1 aliphatic heterocycles. The molecule has 6 heteroatoms. The van der Waals surface area contributed by atoms with Crippen molar-refractivity contribution < 1.29 is 4.79 Å². The van der Waals surface area contributed by atoms with Crippen LogP contribution in [0.25, 0.3) is 9.75 Å². The van der Waals surface area contributed by atoms with Crippen molar-refractivity contribution in [2.24, 2.45) is 4.99 Å². The lowest BCUT2D eigenvalue weighted by Crippen LogP contribution is -1.92. The number of nitrogens with zero attached hydrogens (tertiary/aromatic N) is 3. The number of aryl methyl sites for hydroxylation is 1. The number of aromatic amines is 1. The number of hydrogen-bond donors (Lipinski definition) is 1. The minimum Gasteiger partial charge on any atom is -0.357 e. The number of hydrogen-bond acceptors (Lipinski definition) is 4. The van der Waals surface area contributed by atoms with Gasteiger partial charge in [-0.2, -0.15) is 0 Å². The fourth-order valence-electron chi connectivity index (χ4n) is 2.98. The number of rotatable bonds is 4. The van der Waals surface area contributed by atoms with Gasteiger partial charge in [0, 0.05) is 34.3 Å². The molecule has 5 nitrogen and oxygen atoms in total. The monoisotopic (exact) mass is 362 g/mol. The Morgan fingerprint density at radius 3 is 2.46 bits per heavy atom. The second-order valence-corrected chi connectivity index (χ2v) is 7.11. The molecule has 0 spiro atoms. The van der Waals surface area contributed by atoms with Crippen LogP contribution in [0, 0.1) is 20.4 Å². The van der Waals surface area contributed by atoms with Gasteiger partial charge in [-0.3, -0.25) is 14.8 Å². The number of aromatic nitrogens is 2.